The van der Waals surface area contributed by atoms with Crippen molar-refractivity contribution in [3.05, 3.63) is 47.7 Å². The van der Waals surface area contributed by atoms with Crippen LogP contribution in [0.25, 0.3) is 11.1 Å². The van der Waals surface area contributed by atoms with Crippen LogP contribution < -0.4 is 4.74 Å². The second-order valence-corrected chi connectivity index (χ2v) is 9.97. The normalized spacial score (nSPS) is 12.3. The highest BCUT2D eigenvalue weighted by Crippen LogP contribution is 2.34. The van der Waals surface area contributed by atoms with E-state index < -0.39 is 23.5 Å². The van der Waals surface area contributed by atoms with Crippen LogP contribution >= 0.6 is 23.1 Å². The molecule has 0 unspecified atom stereocenters. The van der Waals surface area contributed by atoms with Crippen molar-refractivity contribution in [3.63, 3.8) is 0 Å². The summed E-state index contributed by atoms with van der Waals surface area (Å²) in [7, 11) is 0. The minimum absolute atomic E-state index is 0.119. The van der Waals surface area contributed by atoms with E-state index in [0.29, 0.717) is 16.3 Å². The Kier molecular flexibility index (Phi) is 7.69. The molecule has 2 aromatic heterocycles. The molecule has 7 nitrogen and oxygen atoms in total. The van der Waals surface area contributed by atoms with Crippen molar-refractivity contribution in [3.8, 4) is 16.9 Å². The average molecular weight is 497 g/mol. The topological polar surface area (TPSA) is 97.6 Å². The number of aliphatic imine (C=N–C) groups is 1. The molecule has 0 radical (unpaired) electrons. The van der Waals surface area contributed by atoms with E-state index in [1.165, 1.54) is 35.2 Å². The van der Waals surface area contributed by atoms with Crippen LogP contribution in [0.3, 0.4) is 0 Å². The molecule has 2 heterocycles. The van der Waals surface area contributed by atoms with E-state index in [2.05, 4.69) is 24.7 Å². The van der Waals surface area contributed by atoms with Gasteiger partial charge in [-0.05, 0) is 31.5 Å². The number of aliphatic carboxylic acids is 1. The number of carboxylic acid groups (broad SMARTS) is 1. The largest absolute Gasteiger partial charge is 0.484 e. The van der Waals surface area contributed by atoms with Gasteiger partial charge in [-0.3, -0.25) is 4.79 Å². The fraction of sp³-hybridized carbons (Fsp3) is 0.286. The number of rotatable bonds is 9. The molecule has 174 valence electrons. The van der Waals surface area contributed by atoms with Gasteiger partial charge in [0.2, 0.25) is 5.95 Å². The summed E-state index contributed by atoms with van der Waals surface area (Å²) in [6, 6.07) is 6.14. The Labute approximate surface area is 195 Å². The lowest BCUT2D eigenvalue weighted by atomic mass is 10.1. The molecule has 0 spiro atoms. The molecule has 3 aromatic rings. The van der Waals surface area contributed by atoms with Gasteiger partial charge in [-0.2, -0.15) is 13.2 Å². The van der Waals surface area contributed by atoms with Crippen molar-refractivity contribution >= 4 is 41.2 Å². The number of halogens is 3. The molecule has 3 rings (SSSR count). The van der Waals surface area contributed by atoms with Crippen molar-refractivity contribution in [1.82, 2.24) is 15.0 Å². The summed E-state index contributed by atoms with van der Waals surface area (Å²) in [6.07, 6.45) is 0.803. The zero-order chi connectivity index (χ0) is 24.1. The van der Waals surface area contributed by atoms with Crippen molar-refractivity contribution < 1.29 is 27.8 Å². The molecule has 0 bridgehead atoms. The molecular formula is C21H19F3N4O3S2. The van der Waals surface area contributed by atoms with E-state index in [0.717, 1.165) is 11.3 Å². The molecule has 1 aromatic carbocycles. The van der Waals surface area contributed by atoms with Crippen LogP contribution in [0.15, 0.2) is 51.4 Å². The van der Waals surface area contributed by atoms with E-state index in [9.17, 15) is 23.1 Å². The van der Waals surface area contributed by atoms with E-state index in [1.54, 1.807) is 44.6 Å². The first-order valence-corrected chi connectivity index (χ1v) is 11.2. The maximum atomic E-state index is 12.2. The lowest BCUT2D eigenvalue weighted by molar-refractivity contribution is -0.153. The number of alkyl halides is 3. The summed E-state index contributed by atoms with van der Waals surface area (Å²) in [4.78, 5) is 28.2. The third-order valence-corrected chi connectivity index (χ3v) is 6.30. The Bertz CT molecular complexity index is 1120. The lowest BCUT2D eigenvalue weighted by Crippen LogP contribution is -2.26. The predicted molar refractivity (Wildman–Crippen MR) is 121 cm³/mol. The number of ether oxygens (including phenoxy) is 1. The van der Waals surface area contributed by atoms with E-state index in [-0.39, 0.29) is 11.7 Å². The number of aromatic nitrogens is 3. The van der Waals surface area contributed by atoms with Crippen LogP contribution in [0.1, 0.15) is 19.5 Å². The van der Waals surface area contributed by atoms with Gasteiger partial charge < -0.3 is 9.84 Å². The van der Waals surface area contributed by atoms with Gasteiger partial charge >= 0.3 is 12.1 Å². The highest BCUT2D eigenvalue weighted by Gasteiger charge is 2.30. The third-order valence-electron chi connectivity index (χ3n) is 4.12. The third kappa shape index (κ3) is 7.53. The van der Waals surface area contributed by atoms with E-state index >= 15 is 0 Å². The smallest absolute Gasteiger partial charge is 0.422 e. The number of carboxylic acids is 1. The quantitative estimate of drug-likeness (QED) is 0.311. The zero-order valence-corrected chi connectivity index (χ0v) is 19.2. The average Bonchev–Trinajstić information content (AvgIpc) is 3.19. The van der Waals surface area contributed by atoms with Crippen LogP contribution in [0.2, 0.25) is 0 Å². The SMILES string of the molecule is CC(C)(Sc1nc(CC=Nc2ncc(-c3ccc(OCC(F)(F)F)cc3)cn2)cs1)C(=O)O. The second kappa shape index (κ2) is 10.3. The van der Waals surface area contributed by atoms with Crippen molar-refractivity contribution in [2.75, 3.05) is 6.61 Å². The molecule has 1 N–H and O–H groups in total. The molecule has 0 aliphatic heterocycles. The summed E-state index contributed by atoms with van der Waals surface area (Å²) in [5.74, 6) is -0.536. The summed E-state index contributed by atoms with van der Waals surface area (Å²) >= 11 is 2.57. The van der Waals surface area contributed by atoms with Gasteiger partial charge in [-0.25, -0.2) is 19.9 Å². The molecule has 0 aliphatic carbocycles. The first kappa shape index (κ1) is 24.6. The van der Waals surface area contributed by atoms with Crippen LogP contribution in [0, 0.1) is 0 Å². The molecule has 0 fully saturated rings. The Morgan fingerprint density at radius 1 is 1.18 bits per heavy atom. The molecule has 0 atom stereocenters. The van der Waals surface area contributed by atoms with E-state index in [4.69, 9.17) is 0 Å². The van der Waals surface area contributed by atoms with Gasteiger partial charge in [0, 0.05) is 36.0 Å². The van der Waals surface area contributed by atoms with Gasteiger partial charge in [0.25, 0.3) is 0 Å². The highest BCUT2D eigenvalue weighted by atomic mass is 32.2. The molecular weight excluding hydrogens is 477 g/mol. The number of hydrogen-bond donors (Lipinski definition) is 1. The van der Waals surface area contributed by atoms with Crippen molar-refractivity contribution in [2.45, 2.75) is 35.5 Å². The number of nitrogens with zero attached hydrogens (tertiary/aromatic N) is 4. The molecule has 33 heavy (non-hydrogen) atoms. The number of thioether (sulfide) groups is 1. The fourth-order valence-corrected chi connectivity index (χ4v) is 4.56. The first-order valence-electron chi connectivity index (χ1n) is 9.53. The number of thiazole rings is 1. The van der Waals surface area contributed by atoms with Crippen LogP contribution in [0.4, 0.5) is 19.1 Å². The highest BCUT2D eigenvalue weighted by molar-refractivity contribution is 8.03. The summed E-state index contributed by atoms with van der Waals surface area (Å²) in [5, 5.41) is 11.1. The first-order chi connectivity index (χ1) is 15.5. The Morgan fingerprint density at radius 2 is 1.85 bits per heavy atom. The van der Waals surface area contributed by atoms with Crippen molar-refractivity contribution in [2.24, 2.45) is 4.99 Å². The molecule has 0 amide bonds. The Balaban J connectivity index is 1.55. The van der Waals surface area contributed by atoms with Crippen LogP contribution in [-0.2, 0) is 11.2 Å². The molecule has 0 saturated carbocycles. The van der Waals surface area contributed by atoms with Crippen LogP contribution in [0.5, 0.6) is 5.75 Å². The van der Waals surface area contributed by atoms with Gasteiger partial charge in [0.05, 0.1) is 5.69 Å². The molecule has 12 heteroatoms. The standard InChI is InChI=1S/C21H19F3N4O3S2/c1-20(2,17(29)30)33-19-28-15(11-32-19)7-8-25-18-26-9-14(10-27-18)13-3-5-16(6-4-13)31-12-21(22,23)24/h3-6,8-11H,7,12H2,1-2H3,(H,29,30). The van der Waals surface area contributed by atoms with E-state index in [1.807, 2.05) is 5.38 Å². The van der Waals surface area contributed by atoms with Crippen molar-refractivity contribution in [1.29, 1.82) is 0 Å². The van der Waals surface area contributed by atoms with Crippen LogP contribution in [-0.4, -0.2) is 49.8 Å². The maximum absolute atomic E-state index is 12.2. The summed E-state index contributed by atoms with van der Waals surface area (Å²) < 4.78 is 41.0. The number of benzene rings is 1. The zero-order valence-electron chi connectivity index (χ0n) is 17.5. The minimum atomic E-state index is -4.39. The maximum Gasteiger partial charge on any atom is 0.422 e. The number of hydrogen-bond acceptors (Lipinski definition) is 8. The summed E-state index contributed by atoms with van der Waals surface area (Å²) in [5.41, 5.74) is 2.16. The molecule has 0 aliphatic rings. The second-order valence-electron chi connectivity index (χ2n) is 7.24. The van der Waals surface area contributed by atoms with Gasteiger partial charge in [-0.1, -0.05) is 23.9 Å². The van der Waals surface area contributed by atoms with Gasteiger partial charge in [-0.15, -0.1) is 11.3 Å². The predicted octanol–water partition coefficient (Wildman–Crippen LogP) is 5.44. The minimum Gasteiger partial charge on any atom is -0.484 e. The summed E-state index contributed by atoms with van der Waals surface area (Å²) in [6.45, 7) is 1.91. The Hall–Kier alpha value is -2.99. The number of carbonyl (C=O) groups is 1. The Morgan fingerprint density at radius 3 is 2.45 bits per heavy atom. The lowest BCUT2D eigenvalue weighted by Gasteiger charge is -2.15. The molecule has 0 saturated heterocycles. The van der Waals surface area contributed by atoms with Gasteiger partial charge in [0.1, 0.15) is 10.5 Å². The fourth-order valence-electron chi connectivity index (χ4n) is 2.36. The van der Waals surface area contributed by atoms with Gasteiger partial charge in [0.15, 0.2) is 10.9 Å². The monoisotopic (exact) mass is 496 g/mol.